The van der Waals surface area contributed by atoms with Gasteiger partial charge in [0.25, 0.3) is 0 Å². The number of hydrogen-bond donors (Lipinski definition) is 2. The Hall–Kier alpha value is -1.59. The van der Waals surface area contributed by atoms with Gasteiger partial charge in [-0.3, -0.25) is 0 Å². The Bertz CT molecular complexity index is 570. The van der Waals surface area contributed by atoms with Crippen LogP contribution in [0.5, 0.6) is 0 Å². The monoisotopic (exact) mass is 332 g/mol. The number of nitrogens with one attached hydrogen (secondary N) is 1. The molecule has 1 aromatic carbocycles. The Morgan fingerprint density at radius 2 is 2.00 bits per heavy atom. The molecule has 3 rings (SSSR count). The number of hydrogen-bond acceptors (Lipinski definition) is 4. The normalized spacial score (nSPS) is 30.6. The van der Waals surface area contributed by atoms with E-state index in [0.717, 1.165) is 6.54 Å². The van der Waals surface area contributed by atoms with Gasteiger partial charge >= 0.3 is 6.09 Å². The third kappa shape index (κ3) is 3.73. The summed E-state index contributed by atoms with van der Waals surface area (Å²) in [5.74, 6) is 0.407. The van der Waals surface area contributed by atoms with Gasteiger partial charge in [-0.1, -0.05) is 30.3 Å². The molecule has 2 aliphatic heterocycles. The van der Waals surface area contributed by atoms with Crippen LogP contribution < -0.4 is 5.32 Å². The van der Waals surface area contributed by atoms with Crippen molar-refractivity contribution in [2.75, 3.05) is 19.6 Å². The number of likely N-dealkylation sites (tertiary alicyclic amines) is 1. The first-order valence-corrected chi connectivity index (χ1v) is 8.79. The number of fused-ring (bicyclic) bond motifs is 1. The maximum absolute atomic E-state index is 12.4. The van der Waals surface area contributed by atoms with Crippen molar-refractivity contribution in [3.05, 3.63) is 35.9 Å². The van der Waals surface area contributed by atoms with Crippen molar-refractivity contribution in [3.63, 3.8) is 0 Å². The predicted octanol–water partition coefficient (Wildman–Crippen LogP) is 2.36. The first-order chi connectivity index (χ1) is 11.3. The summed E-state index contributed by atoms with van der Waals surface area (Å²) in [6, 6.07) is 10.4. The van der Waals surface area contributed by atoms with Crippen molar-refractivity contribution in [3.8, 4) is 0 Å². The van der Waals surface area contributed by atoms with E-state index in [1.807, 2.05) is 39.0 Å². The van der Waals surface area contributed by atoms with Gasteiger partial charge in [-0.2, -0.15) is 0 Å². The van der Waals surface area contributed by atoms with E-state index in [4.69, 9.17) is 4.74 Å². The number of amides is 1. The Morgan fingerprint density at radius 3 is 2.67 bits per heavy atom. The SMILES string of the molecule is CC(C)(C)OC(=O)N1CC[C@H](O)[C@@H]2[C@@H](c3ccccc3)CN[C@@H]2C1. The fraction of sp³-hybridized carbons (Fsp3) is 0.632. The molecule has 132 valence electrons. The van der Waals surface area contributed by atoms with Gasteiger partial charge in [0.15, 0.2) is 0 Å². The van der Waals surface area contributed by atoms with Crippen LogP contribution in [-0.4, -0.2) is 53.5 Å². The van der Waals surface area contributed by atoms with Gasteiger partial charge in [-0.05, 0) is 32.8 Å². The summed E-state index contributed by atoms with van der Waals surface area (Å²) in [5, 5.41) is 14.2. The molecule has 0 spiro atoms. The lowest BCUT2D eigenvalue weighted by Gasteiger charge is -2.28. The zero-order chi connectivity index (χ0) is 17.3. The average Bonchev–Trinajstić information content (AvgIpc) is 2.86. The number of aliphatic hydroxyl groups is 1. The van der Waals surface area contributed by atoms with Crippen molar-refractivity contribution < 1.29 is 14.6 Å². The number of nitrogens with zero attached hydrogens (tertiary/aromatic N) is 1. The van der Waals surface area contributed by atoms with Crippen LogP contribution >= 0.6 is 0 Å². The molecule has 0 aromatic heterocycles. The summed E-state index contributed by atoms with van der Waals surface area (Å²) in [6.45, 7) is 7.57. The highest BCUT2D eigenvalue weighted by Crippen LogP contribution is 2.37. The molecule has 0 saturated carbocycles. The number of aliphatic hydroxyl groups excluding tert-OH is 1. The van der Waals surface area contributed by atoms with E-state index in [1.54, 1.807) is 4.90 Å². The zero-order valence-electron chi connectivity index (χ0n) is 14.7. The Kier molecular flexibility index (Phi) is 4.83. The van der Waals surface area contributed by atoms with Crippen molar-refractivity contribution in [2.45, 2.75) is 50.9 Å². The molecule has 1 amide bonds. The second kappa shape index (κ2) is 6.73. The molecule has 5 nitrogen and oxygen atoms in total. The first kappa shape index (κ1) is 17.2. The third-order valence-corrected chi connectivity index (χ3v) is 4.96. The topological polar surface area (TPSA) is 61.8 Å². The Morgan fingerprint density at radius 1 is 1.29 bits per heavy atom. The van der Waals surface area contributed by atoms with Crippen LogP contribution in [0.3, 0.4) is 0 Å². The largest absolute Gasteiger partial charge is 0.444 e. The van der Waals surface area contributed by atoms with Crippen LogP contribution in [-0.2, 0) is 4.74 Å². The van der Waals surface area contributed by atoms with Crippen molar-refractivity contribution in [1.82, 2.24) is 10.2 Å². The van der Waals surface area contributed by atoms with E-state index in [9.17, 15) is 9.90 Å². The second-order valence-corrected chi connectivity index (χ2v) is 7.89. The number of ether oxygens (including phenoxy) is 1. The maximum Gasteiger partial charge on any atom is 0.410 e. The lowest BCUT2D eigenvalue weighted by molar-refractivity contribution is 0.0241. The average molecular weight is 332 g/mol. The van der Waals surface area contributed by atoms with Crippen molar-refractivity contribution >= 4 is 6.09 Å². The highest BCUT2D eigenvalue weighted by molar-refractivity contribution is 5.68. The molecule has 0 bridgehead atoms. The first-order valence-electron chi connectivity index (χ1n) is 8.79. The number of rotatable bonds is 1. The molecule has 2 aliphatic rings. The van der Waals surface area contributed by atoms with Gasteiger partial charge in [0.05, 0.1) is 6.10 Å². The summed E-state index contributed by atoms with van der Waals surface area (Å²) in [4.78, 5) is 14.1. The van der Waals surface area contributed by atoms with Gasteiger partial charge in [0.1, 0.15) is 5.60 Å². The van der Waals surface area contributed by atoms with Crippen LogP contribution in [0, 0.1) is 5.92 Å². The molecule has 24 heavy (non-hydrogen) atoms. The molecule has 2 heterocycles. The molecule has 2 saturated heterocycles. The lowest BCUT2D eigenvalue weighted by Crippen LogP contribution is -2.44. The highest BCUT2D eigenvalue weighted by atomic mass is 16.6. The molecular formula is C19H28N2O3. The summed E-state index contributed by atoms with van der Waals surface area (Å²) in [7, 11) is 0. The van der Waals surface area contributed by atoms with E-state index >= 15 is 0 Å². The van der Waals surface area contributed by atoms with E-state index in [2.05, 4.69) is 17.4 Å². The van der Waals surface area contributed by atoms with E-state index in [-0.39, 0.29) is 24.0 Å². The summed E-state index contributed by atoms with van der Waals surface area (Å²) in [5.41, 5.74) is 0.749. The summed E-state index contributed by atoms with van der Waals surface area (Å²) in [6.07, 6.45) is -0.117. The van der Waals surface area contributed by atoms with Gasteiger partial charge in [0.2, 0.25) is 0 Å². The zero-order valence-corrected chi connectivity index (χ0v) is 14.7. The van der Waals surface area contributed by atoms with Crippen LogP contribution in [0.4, 0.5) is 4.79 Å². The minimum absolute atomic E-state index is 0.0974. The maximum atomic E-state index is 12.4. The van der Waals surface area contributed by atoms with Gasteiger partial charge in [-0.25, -0.2) is 4.79 Å². The highest BCUT2D eigenvalue weighted by Gasteiger charge is 2.44. The van der Waals surface area contributed by atoms with E-state index in [1.165, 1.54) is 5.56 Å². The predicted molar refractivity (Wildman–Crippen MR) is 92.9 cm³/mol. The van der Waals surface area contributed by atoms with Crippen LogP contribution in [0.2, 0.25) is 0 Å². The van der Waals surface area contributed by atoms with Crippen LogP contribution in [0.15, 0.2) is 30.3 Å². The molecular weight excluding hydrogens is 304 g/mol. The molecule has 0 unspecified atom stereocenters. The minimum atomic E-state index is -0.503. The number of carbonyl (C=O) groups excluding carboxylic acids is 1. The minimum Gasteiger partial charge on any atom is -0.444 e. The second-order valence-electron chi connectivity index (χ2n) is 7.89. The summed E-state index contributed by atoms with van der Waals surface area (Å²) >= 11 is 0. The van der Waals surface area contributed by atoms with Crippen LogP contribution in [0.1, 0.15) is 38.7 Å². The van der Waals surface area contributed by atoms with Crippen molar-refractivity contribution in [1.29, 1.82) is 0 Å². The van der Waals surface area contributed by atoms with Gasteiger partial charge in [-0.15, -0.1) is 0 Å². The Labute approximate surface area is 144 Å². The number of carbonyl (C=O) groups is 1. The Balaban J connectivity index is 1.74. The fourth-order valence-electron chi connectivity index (χ4n) is 3.90. The molecule has 0 radical (unpaired) electrons. The standard InChI is InChI=1S/C19H28N2O3/c1-19(2,3)24-18(23)21-10-9-16(22)17-14(11-20-15(17)12-21)13-7-5-4-6-8-13/h4-8,14-17,20,22H,9-12H2,1-3H3/t14-,15-,16+,17-/m1/s1. The molecule has 4 atom stereocenters. The van der Waals surface area contributed by atoms with Gasteiger partial charge in [0, 0.05) is 37.5 Å². The van der Waals surface area contributed by atoms with Gasteiger partial charge < -0.3 is 20.1 Å². The quantitative estimate of drug-likeness (QED) is 0.829. The lowest BCUT2D eigenvalue weighted by atomic mass is 9.81. The van der Waals surface area contributed by atoms with E-state index < -0.39 is 11.7 Å². The van der Waals surface area contributed by atoms with Crippen LogP contribution in [0.25, 0.3) is 0 Å². The third-order valence-electron chi connectivity index (χ3n) is 4.96. The molecule has 1 aromatic rings. The molecule has 2 fully saturated rings. The molecule has 2 N–H and O–H groups in total. The van der Waals surface area contributed by atoms with E-state index in [0.29, 0.717) is 19.5 Å². The molecule has 5 heteroatoms. The molecule has 0 aliphatic carbocycles. The number of benzene rings is 1. The summed E-state index contributed by atoms with van der Waals surface area (Å²) < 4.78 is 5.51. The smallest absolute Gasteiger partial charge is 0.410 e. The van der Waals surface area contributed by atoms with Crippen molar-refractivity contribution in [2.24, 2.45) is 5.92 Å². The fourth-order valence-corrected chi connectivity index (χ4v) is 3.90.